The quantitative estimate of drug-likeness (QED) is 0.225. The molecule has 0 bridgehead atoms. The molecular formula is C21H15NO4S. The number of para-hydroxylation sites is 1. The van der Waals surface area contributed by atoms with Crippen molar-refractivity contribution >= 4 is 44.6 Å². The van der Waals surface area contributed by atoms with E-state index >= 15 is 0 Å². The minimum atomic E-state index is -0.522. The minimum Gasteiger partial charge on any atom is -0.423 e. The first-order valence-corrected chi connectivity index (χ1v) is 9.12. The highest BCUT2D eigenvalue weighted by molar-refractivity contribution is 7.19. The summed E-state index contributed by atoms with van der Waals surface area (Å²) in [6.45, 7) is 3.59. The lowest BCUT2D eigenvalue weighted by molar-refractivity contribution is -0.128. The van der Waals surface area contributed by atoms with E-state index in [9.17, 15) is 9.59 Å². The molecule has 0 spiro atoms. The number of aromatic nitrogens is 1. The summed E-state index contributed by atoms with van der Waals surface area (Å²) in [7, 11) is 0. The molecule has 0 atom stereocenters. The van der Waals surface area contributed by atoms with E-state index in [-0.39, 0.29) is 0 Å². The van der Waals surface area contributed by atoms with Crippen molar-refractivity contribution in [3.05, 3.63) is 75.1 Å². The molecule has 0 unspecified atom stereocenters. The molecule has 5 nitrogen and oxygen atoms in total. The predicted molar refractivity (Wildman–Crippen MR) is 106 cm³/mol. The van der Waals surface area contributed by atoms with Crippen LogP contribution in [-0.4, -0.2) is 11.0 Å². The van der Waals surface area contributed by atoms with Gasteiger partial charge in [0.15, 0.2) is 0 Å². The summed E-state index contributed by atoms with van der Waals surface area (Å²) < 4.78 is 11.8. The van der Waals surface area contributed by atoms with Gasteiger partial charge in [-0.25, -0.2) is 14.6 Å². The summed E-state index contributed by atoms with van der Waals surface area (Å²) in [5.74, 6) is -0.165. The number of hydrogen-bond donors (Lipinski definition) is 0. The van der Waals surface area contributed by atoms with Crippen molar-refractivity contribution in [1.82, 2.24) is 4.98 Å². The number of hydrogen-bond acceptors (Lipinski definition) is 6. The van der Waals surface area contributed by atoms with E-state index in [1.54, 1.807) is 25.1 Å². The Kier molecular flexibility index (Phi) is 4.33. The molecule has 0 saturated heterocycles. The van der Waals surface area contributed by atoms with Crippen molar-refractivity contribution in [3.8, 4) is 5.75 Å². The van der Waals surface area contributed by atoms with Crippen LogP contribution < -0.4 is 10.4 Å². The number of nitrogens with zero attached hydrogens (tertiary/aromatic N) is 1. The van der Waals surface area contributed by atoms with Crippen LogP contribution in [0.2, 0.25) is 0 Å². The molecule has 27 heavy (non-hydrogen) atoms. The molecule has 2 aromatic heterocycles. The van der Waals surface area contributed by atoms with Crippen LogP contribution in [-0.2, 0) is 4.79 Å². The summed E-state index contributed by atoms with van der Waals surface area (Å²) in [5, 5.41) is 1.54. The molecule has 6 heteroatoms. The average molecular weight is 377 g/mol. The molecule has 0 amide bonds. The van der Waals surface area contributed by atoms with Gasteiger partial charge in [0.25, 0.3) is 0 Å². The van der Waals surface area contributed by atoms with Crippen LogP contribution >= 0.6 is 11.3 Å². The maximum absolute atomic E-state index is 12.2. The van der Waals surface area contributed by atoms with E-state index in [4.69, 9.17) is 9.15 Å². The zero-order chi connectivity index (χ0) is 19.0. The molecule has 0 N–H and O–H groups in total. The van der Waals surface area contributed by atoms with Gasteiger partial charge in [0.2, 0.25) is 0 Å². The van der Waals surface area contributed by atoms with Crippen LogP contribution in [0.15, 0.2) is 57.8 Å². The topological polar surface area (TPSA) is 69.4 Å². The van der Waals surface area contributed by atoms with Crippen molar-refractivity contribution in [2.24, 2.45) is 0 Å². The van der Waals surface area contributed by atoms with Crippen molar-refractivity contribution < 1.29 is 13.9 Å². The number of ether oxygens (including phenoxy) is 1. The average Bonchev–Trinajstić information content (AvgIpc) is 3.06. The second kappa shape index (κ2) is 6.81. The summed E-state index contributed by atoms with van der Waals surface area (Å²) >= 11 is 1.50. The lowest BCUT2D eigenvalue weighted by Crippen LogP contribution is -2.06. The fourth-order valence-corrected chi connectivity index (χ4v) is 3.72. The Hall–Kier alpha value is -3.25. The van der Waals surface area contributed by atoms with Crippen molar-refractivity contribution in [2.75, 3.05) is 0 Å². The summed E-state index contributed by atoms with van der Waals surface area (Å²) in [6, 6.07) is 12.7. The second-order valence-corrected chi connectivity index (χ2v) is 7.15. The van der Waals surface area contributed by atoms with E-state index < -0.39 is 11.6 Å². The van der Waals surface area contributed by atoms with E-state index in [1.165, 1.54) is 23.5 Å². The van der Waals surface area contributed by atoms with Crippen molar-refractivity contribution in [1.29, 1.82) is 0 Å². The molecule has 4 aromatic rings. The van der Waals surface area contributed by atoms with Gasteiger partial charge in [-0.3, -0.25) is 0 Å². The smallest absolute Gasteiger partial charge is 0.336 e. The van der Waals surface area contributed by atoms with Gasteiger partial charge < -0.3 is 9.15 Å². The van der Waals surface area contributed by atoms with Gasteiger partial charge in [0, 0.05) is 23.1 Å². The summed E-state index contributed by atoms with van der Waals surface area (Å²) in [6.07, 6.45) is 2.97. The SMILES string of the molecule is Cc1cc(=O)oc2c(C)c(OC(=O)/C=C/c3nc4ccccc4s3)ccc12. The molecule has 4 rings (SSSR count). The van der Waals surface area contributed by atoms with Gasteiger partial charge in [-0.15, -0.1) is 11.3 Å². The Labute approximate surface area is 158 Å². The maximum Gasteiger partial charge on any atom is 0.336 e. The fourth-order valence-electron chi connectivity index (χ4n) is 2.85. The van der Waals surface area contributed by atoms with E-state index in [1.807, 2.05) is 31.2 Å². The molecule has 0 aliphatic rings. The Bertz CT molecular complexity index is 1230. The van der Waals surface area contributed by atoms with Crippen molar-refractivity contribution in [2.45, 2.75) is 13.8 Å². The molecule has 2 heterocycles. The summed E-state index contributed by atoms with van der Waals surface area (Å²) in [4.78, 5) is 28.3. The number of carbonyl (C=O) groups is 1. The van der Waals surface area contributed by atoms with Gasteiger partial charge >= 0.3 is 11.6 Å². The van der Waals surface area contributed by atoms with Gasteiger partial charge in [-0.05, 0) is 49.8 Å². The zero-order valence-electron chi connectivity index (χ0n) is 14.7. The number of aryl methyl sites for hydroxylation is 2. The lowest BCUT2D eigenvalue weighted by Gasteiger charge is -2.08. The Morgan fingerprint density at radius 2 is 2.00 bits per heavy atom. The van der Waals surface area contributed by atoms with Crippen LogP contribution in [0, 0.1) is 13.8 Å². The summed E-state index contributed by atoms with van der Waals surface area (Å²) in [5.41, 5.74) is 2.32. The third-order valence-corrected chi connectivity index (χ3v) is 5.20. The number of fused-ring (bicyclic) bond motifs is 2. The highest BCUT2D eigenvalue weighted by Crippen LogP contribution is 2.28. The van der Waals surface area contributed by atoms with Crippen molar-refractivity contribution in [3.63, 3.8) is 0 Å². The Balaban J connectivity index is 1.59. The number of thiazole rings is 1. The second-order valence-electron chi connectivity index (χ2n) is 6.09. The zero-order valence-corrected chi connectivity index (χ0v) is 15.5. The first-order valence-electron chi connectivity index (χ1n) is 8.31. The number of rotatable bonds is 3. The van der Waals surface area contributed by atoms with Gasteiger partial charge in [-0.2, -0.15) is 0 Å². The monoisotopic (exact) mass is 377 g/mol. The number of esters is 1. The molecule has 0 aliphatic heterocycles. The third kappa shape index (κ3) is 3.39. The molecule has 134 valence electrons. The van der Waals surface area contributed by atoms with E-state index in [2.05, 4.69) is 4.98 Å². The predicted octanol–water partition coefficient (Wildman–Crippen LogP) is 4.64. The molecule has 0 fully saturated rings. The van der Waals surface area contributed by atoms with Crippen LogP contribution in [0.3, 0.4) is 0 Å². The van der Waals surface area contributed by atoms with Crippen LogP contribution in [0.1, 0.15) is 16.1 Å². The normalized spacial score (nSPS) is 11.5. The molecule has 0 aliphatic carbocycles. The highest BCUT2D eigenvalue weighted by Gasteiger charge is 2.12. The Morgan fingerprint density at radius 3 is 2.81 bits per heavy atom. The Morgan fingerprint density at radius 1 is 1.19 bits per heavy atom. The largest absolute Gasteiger partial charge is 0.423 e. The van der Waals surface area contributed by atoms with Crippen LogP contribution in [0.4, 0.5) is 0 Å². The van der Waals surface area contributed by atoms with Gasteiger partial charge in [-0.1, -0.05) is 12.1 Å². The van der Waals surface area contributed by atoms with E-state index in [0.29, 0.717) is 16.9 Å². The minimum absolute atomic E-state index is 0.357. The van der Waals surface area contributed by atoms with Crippen LogP contribution in [0.5, 0.6) is 5.75 Å². The number of carbonyl (C=O) groups excluding carboxylic acids is 1. The lowest BCUT2D eigenvalue weighted by atomic mass is 10.1. The highest BCUT2D eigenvalue weighted by atomic mass is 32.1. The van der Waals surface area contributed by atoms with E-state index in [0.717, 1.165) is 26.2 Å². The van der Waals surface area contributed by atoms with Gasteiger partial charge in [0.05, 0.1) is 10.2 Å². The standard InChI is InChI=1S/C21H15NO4S/c1-12-11-20(24)26-21-13(2)16(8-7-14(12)21)25-19(23)10-9-18-22-15-5-3-4-6-17(15)27-18/h3-11H,1-2H3/b10-9+. The molecule has 2 aromatic carbocycles. The first kappa shape index (κ1) is 17.2. The maximum atomic E-state index is 12.2. The molecule has 0 saturated carbocycles. The van der Waals surface area contributed by atoms with Gasteiger partial charge in [0.1, 0.15) is 16.3 Å². The molecule has 0 radical (unpaired) electrons. The molecular weight excluding hydrogens is 362 g/mol. The first-order chi connectivity index (χ1) is 13.0. The fraction of sp³-hybridized carbons (Fsp3) is 0.0952. The number of benzene rings is 2. The van der Waals surface area contributed by atoms with Crippen LogP contribution in [0.25, 0.3) is 27.3 Å². The third-order valence-electron chi connectivity index (χ3n) is 4.20.